The van der Waals surface area contributed by atoms with Crippen molar-refractivity contribution in [2.24, 2.45) is 5.41 Å². The highest BCUT2D eigenvalue weighted by Crippen LogP contribution is 2.35. The quantitative estimate of drug-likeness (QED) is 0.840. The van der Waals surface area contributed by atoms with Crippen LogP contribution in [0.1, 0.15) is 24.0 Å². The number of hydrogen-bond donors (Lipinski definition) is 0. The molecule has 3 heterocycles. The standard InChI is InChI=1S/C22H26N4O/c23-14-20-3-1-4-21(13-20)26-11-12-27-18-22(17-26)7-2-10-25(16-22)15-19-5-8-24-9-6-19/h1,3-6,8-9,13H,2,7,10-12,15-18H2/t22-/m0/s1. The number of rotatable bonds is 3. The second kappa shape index (κ2) is 8.08. The van der Waals surface area contributed by atoms with Crippen molar-refractivity contribution in [2.75, 3.05) is 44.3 Å². The van der Waals surface area contributed by atoms with E-state index in [-0.39, 0.29) is 5.41 Å². The van der Waals surface area contributed by atoms with E-state index >= 15 is 0 Å². The van der Waals surface area contributed by atoms with Gasteiger partial charge in [-0.25, -0.2) is 0 Å². The van der Waals surface area contributed by atoms with Gasteiger partial charge in [-0.05, 0) is 55.3 Å². The van der Waals surface area contributed by atoms with Crippen LogP contribution in [0.5, 0.6) is 0 Å². The van der Waals surface area contributed by atoms with Gasteiger partial charge in [-0.3, -0.25) is 9.88 Å². The van der Waals surface area contributed by atoms with Crippen molar-refractivity contribution in [2.45, 2.75) is 19.4 Å². The van der Waals surface area contributed by atoms with Crippen LogP contribution in [0.4, 0.5) is 5.69 Å². The zero-order valence-electron chi connectivity index (χ0n) is 15.7. The van der Waals surface area contributed by atoms with Gasteiger partial charge in [0.05, 0.1) is 24.8 Å². The van der Waals surface area contributed by atoms with E-state index in [1.165, 1.54) is 18.4 Å². The van der Waals surface area contributed by atoms with Crippen LogP contribution < -0.4 is 4.90 Å². The summed E-state index contributed by atoms with van der Waals surface area (Å²) in [5, 5.41) is 9.23. The Hall–Kier alpha value is -2.42. The molecule has 140 valence electrons. The monoisotopic (exact) mass is 362 g/mol. The zero-order chi connectivity index (χ0) is 18.5. The molecule has 1 atom stereocenters. The van der Waals surface area contributed by atoms with Crippen molar-refractivity contribution < 1.29 is 4.74 Å². The molecule has 0 saturated carbocycles. The van der Waals surface area contributed by atoms with Gasteiger partial charge in [-0.1, -0.05) is 6.07 Å². The molecule has 0 aliphatic carbocycles. The van der Waals surface area contributed by atoms with Crippen molar-refractivity contribution in [1.82, 2.24) is 9.88 Å². The lowest BCUT2D eigenvalue weighted by molar-refractivity contribution is 0.0106. The molecule has 1 aromatic heterocycles. The molecular formula is C22H26N4O. The van der Waals surface area contributed by atoms with Crippen LogP contribution in [0, 0.1) is 16.7 Å². The molecule has 2 aliphatic heterocycles. The summed E-state index contributed by atoms with van der Waals surface area (Å²) in [6.45, 7) is 6.55. The van der Waals surface area contributed by atoms with Gasteiger partial charge in [0, 0.05) is 49.7 Å². The third-order valence-electron chi connectivity index (χ3n) is 5.68. The number of nitrogens with zero attached hydrogens (tertiary/aromatic N) is 4. The molecule has 0 N–H and O–H groups in total. The Morgan fingerprint density at radius 3 is 2.89 bits per heavy atom. The smallest absolute Gasteiger partial charge is 0.0992 e. The second-order valence-electron chi connectivity index (χ2n) is 7.81. The summed E-state index contributed by atoms with van der Waals surface area (Å²) >= 11 is 0. The van der Waals surface area contributed by atoms with E-state index in [0.29, 0.717) is 0 Å². The molecule has 27 heavy (non-hydrogen) atoms. The maximum absolute atomic E-state index is 9.23. The van der Waals surface area contributed by atoms with Crippen LogP contribution in [0.15, 0.2) is 48.8 Å². The van der Waals surface area contributed by atoms with Crippen LogP contribution in [0.25, 0.3) is 0 Å². The third-order valence-corrected chi connectivity index (χ3v) is 5.68. The molecule has 2 fully saturated rings. The zero-order valence-corrected chi connectivity index (χ0v) is 15.7. The van der Waals surface area contributed by atoms with Gasteiger partial charge in [0.2, 0.25) is 0 Å². The number of nitriles is 1. The lowest BCUT2D eigenvalue weighted by Gasteiger charge is -2.44. The summed E-state index contributed by atoms with van der Waals surface area (Å²) in [7, 11) is 0. The van der Waals surface area contributed by atoms with Crippen LogP contribution in [-0.2, 0) is 11.3 Å². The lowest BCUT2D eigenvalue weighted by atomic mass is 9.80. The van der Waals surface area contributed by atoms with Gasteiger partial charge in [0.25, 0.3) is 0 Å². The fraction of sp³-hybridized carbons (Fsp3) is 0.455. The third kappa shape index (κ3) is 4.29. The number of ether oxygens (including phenoxy) is 1. The van der Waals surface area contributed by atoms with Crippen molar-refractivity contribution in [3.05, 3.63) is 59.9 Å². The highest BCUT2D eigenvalue weighted by atomic mass is 16.5. The average Bonchev–Trinajstić information content (AvgIpc) is 2.91. The molecule has 0 amide bonds. The van der Waals surface area contributed by atoms with Gasteiger partial charge < -0.3 is 9.64 Å². The molecule has 5 heteroatoms. The minimum atomic E-state index is 0.143. The molecule has 0 unspecified atom stereocenters. The van der Waals surface area contributed by atoms with Gasteiger partial charge in [0.15, 0.2) is 0 Å². The van der Waals surface area contributed by atoms with Crippen LogP contribution >= 0.6 is 0 Å². The molecule has 1 aromatic carbocycles. The molecular weight excluding hydrogens is 336 g/mol. The first kappa shape index (κ1) is 18.0. The maximum atomic E-state index is 9.23. The van der Waals surface area contributed by atoms with Crippen LogP contribution in [0.2, 0.25) is 0 Å². The normalized spacial score (nSPS) is 23.7. The van der Waals surface area contributed by atoms with E-state index < -0.39 is 0 Å². The van der Waals surface area contributed by atoms with Gasteiger partial charge in [-0.2, -0.15) is 5.26 Å². The molecule has 4 rings (SSSR count). The largest absolute Gasteiger partial charge is 0.379 e. The van der Waals surface area contributed by atoms with Crippen molar-refractivity contribution in [3.63, 3.8) is 0 Å². The number of aromatic nitrogens is 1. The number of pyridine rings is 1. The predicted octanol–water partition coefficient (Wildman–Crippen LogP) is 3.07. The number of hydrogen-bond acceptors (Lipinski definition) is 5. The predicted molar refractivity (Wildman–Crippen MR) is 105 cm³/mol. The summed E-state index contributed by atoms with van der Waals surface area (Å²) in [4.78, 5) is 9.08. The number of benzene rings is 1. The summed E-state index contributed by atoms with van der Waals surface area (Å²) in [6, 6.07) is 14.4. The number of anilines is 1. The average molecular weight is 362 g/mol. The Morgan fingerprint density at radius 2 is 2.04 bits per heavy atom. The summed E-state index contributed by atoms with van der Waals surface area (Å²) in [6.07, 6.45) is 6.12. The summed E-state index contributed by atoms with van der Waals surface area (Å²) in [5.41, 5.74) is 3.31. The van der Waals surface area contributed by atoms with E-state index in [9.17, 15) is 5.26 Å². The van der Waals surface area contributed by atoms with E-state index in [1.54, 1.807) is 0 Å². The van der Waals surface area contributed by atoms with Crippen molar-refractivity contribution in [3.8, 4) is 6.07 Å². The first-order chi connectivity index (χ1) is 13.3. The molecule has 2 aromatic rings. The molecule has 0 bridgehead atoms. The Morgan fingerprint density at radius 1 is 1.15 bits per heavy atom. The van der Waals surface area contributed by atoms with E-state index in [1.807, 2.05) is 30.6 Å². The molecule has 2 saturated heterocycles. The lowest BCUT2D eigenvalue weighted by Crippen LogP contribution is -2.50. The molecule has 1 spiro atoms. The van der Waals surface area contributed by atoms with Crippen LogP contribution in [-0.4, -0.2) is 49.3 Å². The summed E-state index contributed by atoms with van der Waals surface area (Å²) < 4.78 is 6.05. The SMILES string of the molecule is N#Cc1cccc(N2CCOC[C@]3(CCCN(Cc4ccncc4)C3)C2)c1. The molecule has 5 nitrogen and oxygen atoms in total. The van der Waals surface area contributed by atoms with Crippen molar-refractivity contribution in [1.29, 1.82) is 5.26 Å². The van der Waals surface area contributed by atoms with E-state index in [0.717, 1.165) is 57.2 Å². The highest BCUT2D eigenvalue weighted by molar-refractivity contribution is 5.52. The molecule has 2 aliphatic rings. The molecule has 0 radical (unpaired) electrons. The Bertz CT molecular complexity index is 803. The maximum Gasteiger partial charge on any atom is 0.0992 e. The number of likely N-dealkylation sites (tertiary alicyclic amines) is 1. The van der Waals surface area contributed by atoms with Gasteiger partial charge >= 0.3 is 0 Å². The fourth-order valence-electron chi connectivity index (χ4n) is 4.42. The topological polar surface area (TPSA) is 52.4 Å². The Balaban J connectivity index is 1.51. The van der Waals surface area contributed by atoms with Gasteiger partial charge in [-0.15, -0.1) is 0 Å². The first-order valence-corrected chi connectivity index (χ1v) is 9.71. The Labute approximate surface area is 161 Å². The minimum absolute atomic E-state index is 0.143. The highest BCUT2D eigenvalue weighted by Gasteiger charge is 2.39. The van der Waals surface area contributed by atoms with E-state index in [2.05, 4.69) is 39.1 Å². The second-order valence-corrected chi connectivity index (χ2v) is 7.81. The minimum Gasteiger partial charge on any atom is -0.379 e. The van der Waals surface area contributed by atoms with Gasteiger partial charge in [0.1, 0.15) is 0 Å². The first-order valence-electron chi connectivity index (χ1n) is 9.71. The number of piperidine rings is 1. The van der Waals surface area contributed by atoms with E-state index in [4.69, 9.17) is 4.74 Å². The summed E-state index contributed by atoms with van der Waals surface area (Å²) in [5.74, 6) is 0. The van der Waals surface area contributed by atoms with Crippen molar-refractivity contribution >= 4 is 5.69 Å². The Kier molecular flexibility index (Phi) is 5.38. The van der Waals surface area contributed by atoms with Crippen LogP contribution in [0.3, 0.4) is 0 Å². The fourth-order valence-corrected chi connectivity index (χ4v) is 4.42.